The first-order valence-corrected chi connectivity index (χ1v) is 2.93. The van der Waals surface area contributed by atoms with Crippen molar-refractivity contribution in [3.63, 3.8) is 0 Å². The van der Waals surface area contributed by atoms with E-state index in [1.807, 2.05) is 6.92 Å². The van der Waals surface area contributed by atoms with Gasteiger partial charge in [-0.1, -0.05) is 12.2 Å². The molecule has 0 aliphatic rings. The van der Waals surface area contributed by atoms with Crippen LogP contribution in [0.4, 0.5) is 0 Å². The highest BCUT2D eigenvalue weighted by Gasteiger charge is 1.78. The maximum Gasteiger partial charge on any atom is 0.117 e. The normalized spacial score (nSPS) is 9.75. The van der Waals surface area contributed by atoms with Crippen molar-refractivity contribution >= 4 is 23.4 Å². The molecule has 3 heteroatoms. The first-order chi connectivity index (χ1) is 3.81. The van der Waals surface area contributed by atoms with Crippen LogP contribution in [0.5, 0.6) is 0 Å². The van der Waals surface area contributed by atoms with Crippen LogP contribution < -0.4 is 5.32 Å². The lowest BCUT2D eigenvalue weighted by Gasteiger charge is -1.89. The molecule has 2 nitrogen and oxygen atoms in total. The first kappa shape index (κ1) is 7.56. The fraction of sp³-hybridized carbons (Fsp3) is 0.600. The van der Waals surface area contributed by atoms with E-state index in [1.54, 1.807) is 13.3 Å². The second kappa shape index (κ2) is 4.71. The number of hydrogen-bond acceptors (Lipinski definition) is 2. The molecule has 0 aromatic rings. The van der Waals surface area contributed by atoms with Crippen LogP contribution in [-0.4, -0.2) is 24.8 Å². The Bertz CT molecular complexity index is 98.6. The van der Waals surface area contributed by atoms with Crippen LogP contribution in [0, 0.1) is 0 Å². The molecule has 0 aliphatic carbocycles. The van der Waals surface area contributed by atoms with Gasteiger partial charge in [-0.3, -0.25) is 4.99 Å². The van der Waals surface area contributed by atoms with Gasteiger partial charge in [0.25, 0.3) is 0 Å². The lowest BCUT2D eigenvalue weighted by molar-refractivity contribution is 1.14. The summed E-state index contributed by atoms with van der Waals surface area (Å²) in [5, 5.41) is 2.78. The third-order valence-corrected chi connectivity index (χ3v) is 0.947. The highest BCUT2D eigenvalue weighted by Crippen LogP contribution is 1.66. The summed E-state index contributed by atoms with van der Waals surface area (Å²) in [6.45, 7) is 2.76. The Morgan fingerprint density at radius 2 is 2.50 bits per heavy atom. The lowest BCUT2D eigenvalue weighted by Crippen LogP contribution is -2.16. The van der Waals surface area contributed by atoms with E-state index in [0.29, 0.717) is 4.99 Å². The van der Waals surface area contributed by atoms with Gasteiger partial charge in [-0.05, 0) is 6.92 Å². The monoisotopic (exact) mass is 130 g/mol. The summed E-state index contributed by atoms with van der Waals surface area (Å²) in [4.78, 5) is 4.60. The molecular formula is C5H10N2S. The molecule has 0 aliphatic heterocycles. The molecule has 0 heterocycles. The minimum atomic E-state index is 0.687. The zero-order valence-corrected chi connectivity index (χ0v) is 5.96. The molecular weight excluding hydrogens is 120 g/mol. The summed E-state index contributed by atoms with van der Waals surface area (Å²) in [5.41, 5.74) is 0. The van der Waals surface area contributed by atoms with Crippen LogP contribution in [0.2, 0.25) is 0 Å². The smallest absolute Gasteiger partial charge is 0.117 e. The van der Waals surface area contributed by atoms with Gasteiger partial charge in [0, 0.05) is 13.6 Å². The molecule has 0 atom stereocenters. The van der Waals surface area contributed by atoms with Crippen molar-refractivity contribution < 1.29 is 0 Å². The SMILES string of the molecule is CCN=CC(=S)NC. The number of hydrogen-bond donors (Lipinski definition) is 1. The quantitative estimate of drug-likeness (QED) is 0.438. The molecule has 0 spiro atoms. The topological polar surface area (TPSA) is 24.4 Å². The molecule has 0 saturated heterocycles. The second-order valence-corrected chi connectivity index (χ2v) is 1.68. The fourth-order valence-electron chi connectivity index (χ4n) is 0.239. The standard InChI is InChI=1S/C5H10N2S/c1-3-7-4-5(8)6-2/h4H,3H2,1-2H3,(H,6,8). The lowest BCUT2D eigenvalue weighted by atomic mass is 10.7. The number of nitrogens with one attached hydrogen (secondary N) is 1. The molecule has 0 amide bonds. The second-order valence-electron chi connectivity index (χ2n) is 1.24. The molecule has 0 bridgehead atoms. The van der Waals surface area contributed by atoms with Crippen molar-refractivity contribution in [2.45, 2.75) is 6.92 Å². The fourth-order valence-corrected chi connectivity index (χ4v) is 0.313. The molecule has 0 aromatic carbocycles. The van der Waals surface area contributed by atoms with Crippen molar-refractivity contribution in [1.82, 2.24) is 5.32 Å². The number of rotatable bonds is 2. The van der Waals surface area contributed by atoms with Gasteiger partial charge in [-0.2, -0.15) is 0 Å². The van der Waals surface area contributed by atoms with E-state index < -0.39 is 0 Å². The van der Waals surface area contributed by atoms with E-state index in [9.17, 15) is 0 Å². The average molecular weight is 130 g/mol. The molecule has 1 N–H and O–H groups in total. The minimum absolute atomic E-state index is 0.687. The maximum atomic E-state index is 4.76. The van der Waals surface area contributed by atoms with E-state index >= 15 is 0 Å². The van der Waals surface area contributed by atoms with E-state index in [4.69, 9.17) is 12.2 Å². The van der Waals surface area contributed by atoms with Crippen molar-refractivity contribution in [3.8, 4) is 0 Å². The van der Waals surface area contributed by atoms with Gasteiger partial charge in [-0.15, -0.1) is 0 Å². The molecule has 0 unspecified atom stereocenters. The summed E-state index contributed by atoms with van der Waals surface area (Å²) in [6, 6.07) is 0. The molecule has 0 rings (SSSR count). The molecule has 0 radical (unpaired) electrons. The molecule has 0 saturated carbocycles. The van der Waals surface area contributed by atoms with E-state index in [1.165, 1.54) is 0 Å². The van der Waals surface area contributed by atoms with Crippen LogP contribution in [0.1, 0.15) is 6.92 Å². The maximum absolute atomic E-state index is 4.76. The summed E-state index contributed by atoms with van der Waals surface area (Å²) >= 11 is 4.76. The van der Waals surface area contributed by atoms with Crippen molar-refractivity contribution in [2.24, 2.45) is 4.99 Å². The highest BCUT2D eigenvalue weighted by atomic mass is 32.1. The number of aliphatic imine (C=N–C) groups is 1. The Morgan fingerprint density at radius 1 is 1.88 bits per heavy atom. The van der Waals surface area contributed by atoms with Crippen molar-refractivity contribution in [3.05, 3.63) is 0 Å². The van der Waals surface area contributed by atoms with Gasteiger partial charge in [0.05, 0.1) is 6.21 Å². The van der Waals surface area contributed by atoms with Crippen LogP contribution >= 0.6 is 12.2 Å². The van der Waals surface area contributed by atoms with Gasteiger partial charge in [0.15, 0.2) is 0 Å². The van der Waals surface area contributed by atoms with Crippen LogP contribution in [0.15, 0.2) is 4.99 Å². The number of thiocarbonyl (C=S) groups is 1. The Morgan fingerprint density at radius 3 is 2.88 bits per heavy atom. The van der Waals surface area contributed by atoms with Gasteiger partial charge >= 0.3 is 0 Å². The van der Waals surface area contributed by atoms with Crippen molar-refractivity contribution in [2.75, 3.05) is 13.6 Å². The molecule has 0 fully saturated rings. The zero-order valence-electron chi connectivity index (χ0n) is 5.14. The summed E-state index contributed by atoms with van der Waals surface area (Å²) in [5.74, 6) is 0. The van der Waals surface area contributed by atoms with Gasteiger partial charge in [0.2, 0.25) is 0 Å². The van der Waals surface area contributed by atoms with Crippen LogP contribution in [0.3, 0.4) is 0 Å². The zero-order chi connectivity index (χ0) is 6.41. The van der Waals surface area contributed by atoms with Crippen molar-refractivity contribution in [1.29, 1.82) is 0 Å². The first-order valence-electron chi connectivity index (χ1n) is 2.52. The Balaban J connectivity index is 3.37. The summed E-state index contributed by atoms with van der Waals surface area (Å²) in [7, 11) is 1.78. The largest absolute Gasteiger partial charge is 0.378 e. The van der Waals surface area contributed by atoms with Gasteiger partial charge in [-0.25, -0.2) is 0 Å². The Kier molecular flexibility index (Phi) is 4.45. The molecule has 8 heavy (non-hydrogen) atoms. The van der Waals surface area contributed by atoms with Gasteiger partial charge < -0.3 is 5.32 Å². The third kappa shape index (κ3) is 3.74. The van der Waals surface area contributed by atoms with Crippen LogP contribution in [-0.2, 0) is 0 Å². The average Bonchev–Trinajstić information content (AvgIpc) is 1.83. The third-order valence-electron chi connectivity index (χ3n) is 0.638. The summed E-state index contributed by atoms with van der Waals surface area (Å²) in [6.07, 6.45) is 1.65. The highest BCUT2D eigenvalue weighted by molar-refractivity contribution is 7.81. The Labute approximate surface area is 55.0 Å². The predicted octanol–water partition coefficient (Wildman–Crippen LogP) is 0.624. The van der Waals surface area contributed by atoms with E-state index in [-0.39, 0.29) is 0 Å². The van der Waals surface area contributed by atoms with E-state index in [2.05, 4.69) is 10.3 Å². The van der Waals surface area contributed by atoms with E-state index in [0.717, 1.165) is 6.54 Å². The molecule has 46 valence electrons. The minimum Gasteiger partial charge on any atom is -0.378 e. The summed E-state index contributed by atoms with van der Waals surface area (Å²) < 4.78 is 0. The molecule has 0 aromatic heterocycles. The Hall–Kier alpha value is -0.440. The van der Waals surface area contributed by atoms with Gasteiger partial charge in [0.1, 0.15) is 4.99 Å². The van der Waals surface area contributed by atoms with Crippen LogP contribution in [0.25, 0.3) is 0 Å². The predicted molar refractivity (Wildman–Crippen MR) is 40.7 cm³/mol. The number of nitrogens with zero attached hydrogens (tertiary/aromatic N) is 1.